The van der Waals surface area contributed by atoms with Gasteiger partial charge in [0.15, 0.2) is 0 Å². The molecule has 6 heteroatoms. The van der Waals surface area contributed by atoms with Gasteiger partial charge in [0.2, 0.25) is 0 Å². The Morgan fingerprint density at radius 2 is 2.00 bits per heavy atom. The lowest BCUT2D eigenvalue weighted by Crippen LogP contribution is -2.18. The van der Waals surface area contributed by atoms with E-state index in [-0.39, 0.29) is 13.0 Å². The van der Waals surface area contributed by atoms with Gasteiger partial charge >= 0.3 is 12.1 Å². The van der Waals surface area contributed by atoms with Gasteiger partial charge in [0.25, 0.3) is 0 Å². The fourth-order valence-electron chi connectivity index (χ4n) is 0.583. The van der Waals surface area contributed by atoms with Crippen LogP contribution in [0.4, 0.5) is 4.79 Å². The number of esters is 1. The summed E-state index contributed by atoms with van der Waals surface area (Å²) in [4.78, 5) is 20.3. The third-order valence-corrected chi connectivity index (χ3v) is 1.07. The van der Waals surface area contributed by atoms with E-state index >= 15 is 0 Å². The van der Waals surface area contributed by atoms with Crippen LogP contribution in [0.3, 0.4) is 0 Å². The lowest BCUT2D eigenvalue weighted by Gasteiger charge is -2.05. The molecule has 3 N–H and O–H groups in total. The minimum absolute atomic E-state index is 0.0225. The van der Waals surface area contributed by atoms with Crippen LogP contribution in [0.2, 0.25) is 0 Å². The Morgan fingerprint density at radius 3 is 2.42 bits per heavy atom. The van der Waals surface area contributed by atoms with Crippen molar-refractivity contribution in [3.8, 4) is 0 Å². The highest BCUT2D eigenvalue weighted by Gasteiger charge is 2.13. The summed E-state index contributed by atoms with van der Waals surface area (Å²) < 4.78 is 3.70. The van der Waals surface area contributed by atoms with Gasteiger partial charge in [0.1, 0.15) is 0 Å². The molecule has 6 nitrogen and oxygen atoms in total. The van der Waals surface area contributed by atoms with E-state index in [2.05, 4.69) is 4.74 Å². The van der Waals surface area contributed by atoms with E-state index in [1.165, 1.54) is 0 Å². The topological polar surface area (TPSA) is 104 Å². The average molecular weight is 178 g/mol. The maximum atomic E-state index is 10.5. The van der Waals surface area contributed by atoms with Crippen molar-refractivity contribution in [1.82, 2.24) is 0 Å². The van der Waals surface area contributed by atoms with E-state index in [0.29, 0.717) is 0 Å². The van der Waals surface area contributed by atoms with Crippen molar-refractivity contribution in [2.24, 2.45) is 0 Å². The van der Waals surface area contributed by atoms with E-state index in [4.69, 9.17) is 15.3 Å². The number of rotatable bonds is 4. The minimum atomic E-state index is -1.70. The summed E-state index contributed by atoms with van der Waals surface area (Å²) in [6.07, 6.45) is -3.15. The zero-order valence-electron chi connectivity index (χ0n) is 6.27. The van der Waals surface area contributed by atoms with E-state index in [1.54, 1.807) is 0 Å². The summed E-state index contributed by atoms with van der Waals surface area (Å²) >= 11 is 0. The Balaban J connectivity index is 3.61. The molecule has 0 fully saturated rings. The maximum absolute atomic E-state index is 10.5. The number of carboxylic acid groups (broad SMARTS) is 1. The lowest BCUT2D eigenvalue weighted by atomic mass is 10.2. The Labute approximate surface area is 68.4 Å². The minimum Gasteiger partial charge on any atom is -0.449 e. The molecule has 12 heavy (non-hydrogen) atoms. The maximum Gasteiger partial charge on any atom is 0.513 e. The van der Waals surface area contributed by atoms with Gasteiger partial charge in [-0.15, -0.1) is 0 Å². The lowest BCUT2D eigenvalue weighted by molar-refractivity contribution is -0.141. The molecular weight excluding hydrogens is 168 g/mol. The molecular formula is C6H10O6. The SMILES string of the molecule is O=C(O)OC(=O)CC(O)CCO. The van der Waals surface area contributed by atoms with Crippen LogP contribution in [-0.4, -0.2) is 40.2 Å². The molecule has 0 rings (SSSR count). The van der Waals surface area contributed by atoms with E-state index in [9.17, 15) is 9.59 Å². The van der Waals surface area contributed by atoms with E-state index in [1.807, 2.05) is 0 Å². The van der Waals surface area contributed by atoms with Gasteiger partial charge < -0.3 is 20.1 Å². The second-order valence-corrected chi connectivity index (χ2v) is 2.11. The van der Waals surface area contributed by atoms with Crippen LogP contribution < -0.4 is 0 Å². The number of carbonyl (C=O) groups excluding carboxylic acids is 1. The molecule has 0 aromatic heterocycles. The van der Waals surface area contributed by atoms with Crippen molar-refractivity contribution >= 4 is 12.1 Å². The Kier molecular flexibility index (Phi) is 4.98. The van der Waals surface area contributed by atoms with Crippen molar-refractivity contribution in [2.75, 3.05) is 6.61 Å². The van der Waals surface area contributed by atoms with Crippen molar-refractivity contribution < 1.29 is 29.6 Å². The van der Waals surface area contributed by atoms with Gasteiger partial charge in [-0.1, -0.05) is 0 Å². The van der Waals surface area contributed by atoms with Crippen LogP contribution in [0.5, 0.6) is 0 Å². The third-order valence-electron chi connectivity index (χ3n) is 1.07. The molecule has 0 aromatic carbocycles. The summed E-state index contributed by atoms with van der Waals surface area (Å²) in [5.41, 5.74) is 0. The summed E-state index contributed by atoms with van der Waals surface area (Å²) in [5, 5.41) is 25.1. The zero-order valence-corrected chi connectivity index (χ0v) is 6.27. The molecule has 0 amide bonds. The van der Waals surface area contributed by atoms with Gasteiger partial charge in [-0.25, -0.2) is 4.79 Å². The van der Waals surface area contributed by atoms with Crippen LogP contribution in [0.25, 0.3) is 0 Å². The highest BCUT2D eigenvalue weighted by molar-refractivity contribution is 5.81. The molecule has 0 saturated heterocycles. The standard InChI is InChI=1S/C6H10O6/c7-2-1-4(8)3-5(9)12-6(10)11/h4,7-8H,1-3H2,(H,10,11). The van der Waals surface area contributed by atoms with Gasteiger partial charge in [-0.05, 0) is 6.42 Å². The zero-order chi connectivity index (χ0) is 9.56. The molecule has 0 bridgehead atoms. The quantitative estimate of drug-likeness (QED) is 0.390. The fourth-order valence-corrected chi connectivity index (χ4v) is 0.583. The number of hydrogen-bond acceptors (Lipinski definition) is 5. The molecule has 1 atom stereocenters. The molecule has 0 spiro atoms. The number of hydrogen-bond donors (Lipinski definition) is 3. The first-order valence-electron chi connectivity index (χ1n) is 3.28. The Morgan fingerprint density at radius 1 is 1.42 bits per heavy atom. The number of aliphatic hydroxyl groups excluding tert-OH is 2. The smallest absolute Gasteiger partial charge is 0.449 e. The predicted molar refractivity (Wildman–Crippen MR) is 36.4 cm³/mol. The highest BCUT2D eigenvalue weighted by Crippen LogP contribution is 1.98. The molecule has 0 saturated carbocycles. The van der Waals surface area contributed by atoms with E-state index < -0.39 is 24.6 Å². The molecule has 0 radical (unpaired) electrons. The largest absolute Gasteiger partial charge is 0.513 e. The van der Waals surface area contributed by atoms with Crippen molar-refractivity contribution in [2.45, 2.75) is 18.9 Å². The third kappa shape index (κ3) is 5.63. The molecule has 70 valence electrons. The first kappa shape index (κ1) is 10.9. The average Bonchev–Trinajstić information content (AvgIpc) is 1.84. The molecule has 1 unspecified atom stereocenters. The number of carbonyl (C=O) groups is 2. The number of ether oxygens (including phenoxy) is 1. The van der Waals surface area contributed by atoms with Gasteiger partial charge in [-0.2, -0.15) is 0 Å². The van der Waals surface area contributed by atoms with Crippen molar-refractivity contribution in [3.05, 3.63) is 0 Å². The van der Waals surface area contributed by atoms with Gasteiger partial charge in [0, 0.05) is 6.61 Å². The molecule has 0 aromatic rings. The van der Waals surface area contributed by atoms with E-state index in [0.717, 1.165) is 0 Å². The summed E-state index contributed by atoms with van der Waals surface area (Å²) in [5.74, 6) is -1.02. The van der Waals surface area contributed by atoms with Crippen molar-refractivity contribution in [1.29, 1.82) is 0 Å². The summed E-state index contributed by atoms with van der Waals surface area (Å²) in [6.45, 7) is -0.262. The second kappa shape index (κ2) is 5.50. The molecule has 0 aliphatic carbocycles. The monoisotopic (exact) mass is 178 g/mol. The van der Waals surface area contributed by atoms with Crippen LogP contribution >= 0.6 is 0 Å². The fraction of sp³-hybridized carbons (Fsp3) is 0.667. The molecule has 0 aliphatic rings. The van der Waals surface area contributed by atoms with Gasteiger partial charge in [0.05, 0.1) is 12.5 Å². The summed E-state index contributed by atoms with van der Waals surface area (Å²) in [7, 11) is 0. The predicted octanol–water partition coefficient (Wildman–Crippen LogP) is -0.659. The first-order chi connectivity index (χ1) is 5.56. The Bertz CT molecular complexity index is 165. The first-order valence-corrected chi connectivity index (χ1v) is 3.28. The summed E-state index contributed by atoms with van der Waals surface area (Å²) in [6, 6.07) is 0. The molecule has 0 aliphatic heterocycles. The van der Waals surface area contributed by atoms with Crippen LogP contribution in [0, 0.1) is 0 Å². The van der Waals surface area contributed by atoms with Crippen molar-refractivity contribution in [3.63, 3.8) is 0 Å². The number of aliphatic hydroxyl groups is 2. The van der Waals surface area contributed by atoms with Crippen LogP contribution in [-0.2, 0) is 9.53 Å². The van der Waals surface area contributed by atoms with Crippen LogP contribution in [0.1, 0.15) is 12.8 Å². The van der Waals surface area contributed by atoms with Crippen LogP contribution in [0.15, 0.2) is 0 Å². The second-order valence-electron chi connectivity index (χ2n) is 2.11. The highest BCUT2D eigenvalue weighted by atomic mass is 16.7. The molecule has 0 heterocycles. The Hall–Kier alpha value is -1.14. The normalized spacial score (nSPS) is 12.2. The van der Waals surface area contributed by atoms with Gasteiger partial charge in [-0.3, -0.25) is 4.79 Å².